The van der Waals surface area contributed by atoms with Crippen LogP contribution in [0.5, 0.6) is 0 Å². The second kappa shape index (κ2) is 7.72. The van der Waals surface area contributed by atoms with Crippen LogP contribution in [0.2, 0.25) is 0 Å². The highest BCUT2D eigenvalue weighted by Crippen LogP contribution is 2.34. The molecule has 140 valence electrons. The molecule has 1 amide bonds. The molecule has 6 heteroatoms. The number of thioether (sulfide) groups is 1. The zero-order valence-corrected chi connectivity index (χ0v) is 16.0. The predicted molar refractivity (Wildman–Crippen MR) is 107 cm³/mol. The maximum Gasteiger partial charge on any atom is 0.233 e. The normalized spacial score (nSPS) is 18.1. The Morgan fingerprint density at radius 3 is 2.85 bits per heavy atom. The highest BCUT2D eigenvalue weighted by atomic mass is 32.2. The molecular weight excluding hydrogens is 361 g/mol. The molecule has 0 bridgehead atoms. The van der Waals surface area contributed by atoms with Gasteiger partial charge in [-0.15, -0.1) is 11.8 Å². The summed E-state index contributed by atoms with van der Waals surface area (Å²) in [6.45, 7) is 2.83. The van der Waals surface area contributed by atoms with Crippen molar-refractivity contribution in [2.45, 2.75) is 31.1 Å². The number of aromatic amines is 1. The van der Waals surface area contributed by atoms with Crippen molar-refractivity contribution in [2.75, 3.05) is 12.3 Å². The number of amides is 1. The number of nitrogens with zero attached hydrogens (tertiary/aromatic N) is 2. The minimum absolute atomic E-state index is 0.0557. The third-order valence-electron chi connectivity index (χ3n) is 5.08. The molecular formula is C21H22FN3OS. The number of hydrogen-bond donors (Lipinski definition) is 1. The average Bonchev–Trinajstić information content (AvgIpc) is 3.33. The number of nitrogens with one attached hydrogen (secondary N) is 1. The molecule has 4 nitrogen and oxygen atoms in total. The number of rotatable bonds is 5. The fourth-order valence-electron chi connectivity index (χ4n) is 3.62. The van der Waals surface area contributed by atoms with E-state index in [1.807, 2.05) is 29.2 Å². The van der Waals surface area contributed by atoms with Crippen molar-refractivity contribution in [1.29, 1.82) is 0 Å². The van der Waals surface area contributed by atoms with Crippen molar-refractivity contribution >= 4 is 28.7 Å². The Bertz CT molecular complexity index is 907. The van der Waals surface area contributed by atoms with Crippen LogP contribution in [-0.4, -0.2) is 33.1 Å². The summed E-state index contributed by atoms with van der Waals surface area (Å²) in [5.41, 5.74) is 2.97. The maximum absolute atomic E-state index is 13.2. The number of carbonyl (C=O) groups is 1. The summed E-state index contributed by atoms with van der Waals surface area (Å²) in [6, 6.07) is 14.5. The van der Waals surface area contributed by atoms with E-state index in [-0.39, 0.29) is 23.0 Å². The number of para-hydroxylation sites is 2. The largest absolute Gasteiger partial charge is 0.341 e. The smallest absolute Gasteiger partial charge is 0.233 e. The monoisotopic (exact) mass is 383 g/mol. The molecule has 27 heavy (non-hydrogen) atoms. The summed E-state index contributed by atoms with van der Waals surface area (Å²) < 4.78 is 13.2. The van der Waals surface area contributed by atoms with E-state index >= 15 is 0 Å². The van der Waals surface area contributed by atoms with Gasteiger partial charge in [-0.25, -0.2) is 9.37 Å². The van der Waals surface area contributed by atoms with Crippen molar-refractivity contribution in [2.24, 2.45) is 0 Å². The Hall–Kier alpha value is -2.34. The minimum Gasteiger partial charge on any atom is -0.341 e. The number of imidazole rings is 1. The van der Waals surface area contributed by atoms with E-state index in [4.69, 9.17) is 0 Å². The molecule has 1 aliphatic rings. The van der Waals surface area contributed by atoms with Crippen molar-refractivity contribution in [3.63, 3.8) is 0 Å². The van der Waals surface area contributed by atoms with Gasteiger partial charge in [-0.1, -0.05) is 24.3 Å². The molecule has 0 saturated carbocycles. The van der Waals surface area contributed by atoms with Crippen molar-refractivity contribution in [3.05, 3.63) is 65.7 Å². The van der Waals surface area contributed by atoms with Crippen LogP contribution in [0, 0.1) is 5.82 Å². The van der Waals surface area contributed by atoms with Crippen LogP contribution in [-0.2, 0) is 4.79 Å². The fourth-order valence-corrected chi connectivity index (χ4v) is 4.45. The number of H-pyrrole nitrogens is 1. The van der Waals surface area contributed by atoms with E-state index in [0.29, 0.717) is 5.75 Å². The number of aromatic nitrogens is 2. The Labute approximate surface area is 162 Å². The van der Waals surface area contributed by atoms with Gasteiger partial charge in [0, 0.05) is 6.54 Å². The molecule has 3 aromatic rings. The van der Waals surface area contributed by atoms with Crippen molar-refractivity contribution < 1.29 is 9.18 Å². The van der Waals surface area contributed by atoms with Gasteiger partial charge >= 0.3 is 0 Å². The molecule has 1 fully saturated rings. The molecule has 1 saturated heterocycles. The van der Waals surface area contributed by atoms with E-state index in [0.717, 1.165) is 41.8 Å². The van der Waals surface area contributed by atoms with E-state index in [1.54, 1.807) is 23.9 Å². The summed E-state index contributed by atoms with van der Waals surface area (Å²) in [6.07, 6.45) is 1.92. The van der Waals surface area contributed by atoms with Crippen LogP contribution in [0.3, 0.4) is 0 Å². The lowest BCUT2D eigenvalue weighted by Gasteiger charge is -2.25. The molecule has 2 atom stereocenters. The van der Waals surface area contributed by atoms with Gasteiger partial charge in [0.2, 0.25) is 5.91 Å². The first kappa shape index (κ1) is 18.0. The lowest BCUT2D eigenvalue weighted by atomic mass is 10.0. The van der Waals surface area contributed by atoms with Gasteiger partial charge in [-0.3, -0.25) is 4.79 Å². The van der Waals surface area contributed by atoms with Crippen molar-refractivity contribution in [1.82, 2.24) is 14.9 Å². The zero-order chi connectivity index (χ0) is 18.8. The summed E-state index contributed by atoms with van der Waals surface area (Å²) >= 11 is 1.59. The first-order chi connectivity index (χ1) is 13.1. The van der Waals surface area contributed by atoms with Gasteiger partial charge in [0.1, 0.15) is 11.6 Å². The number of fused-ring (bicyclic) bond motifs is 1. The summed E-state index contributed by atoms with van der Waals surface area (Å²) in [5.74, 6) is 1.20. The van der Waals surface area contributed by atoms with E-state index < -0.39 is 0 Å². The van der Waals surface area contributed by atoms with Crippen LogP contribution >= 0.6 is 11.8 Å². The first-order valence-corrected chi connectivity index (χ1v) is 10.3. The molecule has 2 unspecified atom stereocenters. The average molecular weight is 383 g/mol. The number of carbonyl (C=O) groups excluding carboxylic acids is 1. The van der Waals surface area contributed by atoms with E-state index in [1.165, 1.54) is 12.1 Å². The fraction of sp³-hybridized carbons (Fsp3) is 0.333. The van der Waals surface area contributed by atoms with Crippen LogP contribution in [0.1, 0.15) is 42.4 Å². The summed E-state index contributed by atoms with van der Waals surface area (Å²) in [5, 5.41) is 0.105. The quantitative estimate of drug-likeness (QED) is 0.684. The Kier molecular flexibility index (Phi) is 5.16. The van der Waals surface area contributed by atoms with Gasteiger partial charge in [0.15, 0.2) is 0 Å². The SMILES string of the molecule is CC(SCC(=O)N1CCCC1c1ccc(F)cc1)c1nc2ccccc2[nH]1. The molecule has 1 aromatic heterocycles. The van der Waals surface area contributed by atoms with Gasteiger partial charge in [0.05, 0.1) is 28.1 Å². The van der Waals surface area contributed by atoms with Gasteiger partial charge < -0.3 is 9.88 Å². The third-order valence-corrected chi connectivity index (χ3v) is 6.21. The number of halogens is 1. The molecule has 0 spiro atoms. The highest BCUT2D eigenvalue weighted by Gasteiger charge is 2.30. The maximum atomic E-state index is 13.2. The highest BCUT2D eigenvalue weighted by molar-refractivity contribution is 8.00. The topological polar surface area (TPSA) is 49.0 Å². The number of hydrogen-bond acceptors (Lipinski definition) is 3. The molecule has 0 radical (unpaired) electrons. The second-order valence-electron chi connectivity index (χ2n) is 6.89. The van der Waals surface area contributed by atoms with Gasteiger partial charge in [-0.05, 0) is 49.6 Å². The molecule has 1 aliphatic heterocycles. The van der Waals surface area contributed by atoms with Crippen LogP contribution in [0.4, 0.5) is 4.39 Å². The Morgan fingerprint density at radius 2 is 2.07 bits per heavy atom. The van der Waals surface area contributed by atoms with Crippen molar-refractivity contribution in [3.8, 4) is 0 Å². The third kappa shape index (κ3) is 3.86. The Balaban J connectivity index is 1.40. The molecule has 2 heterocycles. The van der Waals surface area contributed by atoms with Gasteiger partial charge in [-0.2, -0.15) is 0 Å². The van der Waals surface area contributed by atoms with Crippen LogP contribution in [0.25, 0.3) is 11.0 Å². The lowest BCUT2D eigenvalue weighted by Crippen LogP contribution is -2.32. The Morgan fingerprint density at radius 1 is 1.30 bits per heavy atom. The zero-order valence-electron chi connectivity index (χ0n) is 15.2. The number of benzene rings is 2. The molecule has 4 rings (SSSR count). The van der Waals surface area contributed by atoms with E-state index in [9.17, 15) is 9.18 Å². The summed E-state index contributed by atoms with van der Waals surface area (Å²) in [4.78, 5) is 22.7. The second-order valence-corrected chi connectivity index (χ2v) is 8.22. The van der Waals surface area contributed by atoms with E-state index in [2.05, 4.69) is 16.9 Å². The van der Waals surface area contributed by atoms with Crippen LogP contribution < -0.4 is 0 Å². The molecule has 1 N–H and O–H groups in total. The molecule has 0 aliphatic carbocycles. The van der Waals surface area contributed by atoms with Gasteiger partial charge in [0.25, 0.3) is 0 Å². The first-order valence-electron chi connectivity index (χ1n) is 9.23. The standard InChI is InChI=1S/C21H22FN3OS/c1-14(21-23-17-5-2-3-6-18(17)24-21)27-13-20(26)25-12-4-7-19(25)15-8-10-16(22)11-9-15/h2-3,5-6,8-11,14,19H,4,7,12-13H2,1H3,(H,23,24). The van der Waals surface area contributed by atoms with Crippen LogP contribution in [0.15, 0.2) is 48.5 Å². The number of likely N-dealkylation sites (tertiary alicyclic amines) is 1. The minimum atomic E-state index is -0.246. The summed E-state index contributed by atoms with van der Waals surface area (Å²) in [7, 11) is 0. The predicted octanol–water partition coefficient (Wildman–Crippen LogP) is 4.86. The lowest BCUT2D eigenvalue weighted by molar-refractivity contribution is -0.129. The molecule has 2 aromatic carbocycles.